The molecule has 0 fully saturated rings. The van der Waals surface area contributed by atoms with Crippen LogP contribution in [0.15, 0.2) is 16.9 Å². The van der Waals surface area contributed by atoms with Crippen molar-refractivity contribution < 1.29 is 13.2 Å². The zero-order valence-electron chi connectivity index (χ0n) is 8.80. The van der Waals surface area contributed by atoms with Crippen LogP contribution in [0.5, 0.6) is 0 Å². The largest absolute Gasteiger partial charge is 0.361 e. The molecule has 2 aromatic rings. The smallest absolute Gasteiger partial charge is 0.244 e. The lowest BCUT2D eigenvalue weighted by atomic mass is 10.3. The van der Waals surface area contributed by atoms with Gasteiger partial charge in [0.15, 0.2) is 17.5 Å². The Balaban J connectivity index is 2.64. The van der Waals surface area contributed by atoms with Crippen molar-refractivity contribution >= 4 is 0 Å². The Hall–Kier alpha value is -2.05. The summed E-state index contributed by atoms with van der Waals surface area (Å²) < 4.78 is 39.9. The first-order valence-corrected chi connectivity index (χ1v) is 4.85. The Labute approximate surface area is 93.7 Å². The molecule has 90 valence electrons. The number of halogens is 3. The monoisotopic (exact) mass is 243 g/mol. The second kappa shape index (κ2) is 4.08. The molecule has 0 spiro atoms. The van der Waals surface area contributed by atoms with Crippen LogP contribution >= 0.6 is 0 Å². The summed E-state index contributed by atoms with van der Waals surface area (Å²) in [6.07, 6.45) is 0.388. The fourth-order valence-electron chi connectivity index (χ4n) is 1.47. The fourth-order valence-corrected chi connectivity index (χ4v) is 1.47. The van der Waals surface area contributed by atoms with E-state index in [1.54, 1.807) is 6.92 Å². The highest BCUT2D eigenvalue weighted by Crippen LogP contribution is 2.16. The number of aryl methyl sites for hydroxylation is 1. The number of aromatic nitrogens is 3. The number of nitrogens with one attached hydrogen (secondary N) is 1. The van der Waals surface area contributed by atoms with Crippen LogP contribution in [0.1, 0.15) is 12.7 Å². The van der Waals surface area contributed by atoms with Crippen LogP contribution in [0.2, 0.25) is 0 Å². The van der Waals surface area contributed by atoms with Gasteiger partial charge in [-0.25, -0.2) is 27.7 Å². The van der Waals surface area contributed by atoms with Crippen molar-refractivity contribution in [3.05, 3.63) is 45.9 Å². The lowest BCUT2D eigenvalue weighted by Crippen LogP contribution is -2.07. The summed E-state index contributed by atoms with van der Waals surface area (Å²) in [5.74, 6) is -3.89. The third-order valence-corrected chi connectivity index (χ3v) is 2.24. The van der Waals surface area contributed by atoms with Crippen LogP contribution < -0.4 is 5.69 Å². The lowest BCUT2D eigenvalue weighted by molar-refractivity contribution is 0.445. The molecule has 0 atom stereocenters. The summed E-state index contributed by atoms with van der Waals surface area (Å²) in [5, 5.41) is 2.28. The minimum atomic E-state index is -1.55. The molecule has 0 aliphatic carbocycles. The van der Waals surface area contributed by atoms with Gasteiger partial charge in [-0.3, -0.25) is 0 Å². The first kappa shape index (κ1) is 11.4. The summed E-state index contributed by atoms with van der Waals surface area (Å²) in [4.78, 5) is 14.6. The predicted octanol–water partition coefficient (Wildman–Crippen LogP) is 1.54. The second-order valence-electron chi connectivity index (χ2n) is 3.36. The summed E-state index contributed by atoms with van der Waals surface area (Å²) in [6.45, 7) is 1.72. The topological polar surface area (TPSA) is 50.7 Å². The van der Waals surface area contributed by atoms with E-state index in [2.05, 4.69) is 10.1 Å². The van der Waals surface area contributed by atoms with Crippen molar-refractivity contribution in [2.24, 2.45) is 0 Å². The number of hydrogen-bond acceptors (Lipinski definition) is 2. The lowest BCUT2D eigenvalue weighted by Gasteiger charge is -2.06. The van der Waals surface area contributed by atoms with Crippen LogP contribution in [0.4, 0.5) is 13.2 Å². The molecular weight excluding hydrogens is 235 g/mol. The van der Waals surface area contributed by atoms with Gasteiger partial charge in [0.05, 0.1) is 5.69 Å². The summed E-state index contributed by atoms with van der Waals surface area (Å²) in [7, 11) is 0. The van der Waals surface area contributed by atoms with Gasteiger partial charge in [-0.05, 0) is 0 Å². The van der Waals surface area contributed by atoms with Crippen LogP contribution in [0.25, 0.3) is 5.69 Å². The first-order valence-electron chi connectivity index (χ1n) is 4.85. The van der Waals surface area contributed by atoms with Crippen molar-refractivity contribution in [3.8, 4) is 5.69 Å². The molecule has 17 heavy (non-hydrogen) atoms. The van der Waals surface area contributed by atoms with Crippen LogP contribution in [0, 0.1) is 17.5 Å². The van der Waals surface area contributed by atoms with Crippen LogP contribution in [-0.2, 0) is 6.42 Å². The zero-order chi connectivity index (χ0) is 12.6. The molecule has 0 aliphatic heterocycles. The van der Waals surface area contributed by atoms with E-state index in [4.69, 9.17) is 0 Å². The van der Waals surface area contributed by atoms with Gasteiger partial charge in [0.2, 0.25) is 0 Å². The Morgan fingerprint density at radius 3 is 2.41 bits per heavy atom. The summed E-state index contributed by atoms with van der Waals surface area (Å²) in [5.41, 5.74) is -0.653. The molecule has 0 saturated carbocycles. The molecule has 0 bridgehead atoms. The Morgan fingerprint density at radius 1 is 1.29 bits per heavy atom. The molecule has 0 radical (unpaired) electrons. The van der Waals surface area contributed by atoms with E-state index in [0.29, 0.717) is 12.2 Å². The minimum absolute atomic E-state index is 0.0205. The average molecular weight is 243 g/mol. The number of H-pyrrole nitrogens is 1. The normalized spacial score (nSPS) is 10.8. The molecule has 0 aliphatic rings. The maximum atomic E-state index is 13.0. The second-order valence-corrected chi connectivity index (χ2v) is 3.36. The van der Waals surface area contributed by atoms with E-state index in [9.17, 15) is 18.0 Å². The predicted molar refractivity (Wildman–Crippen MR) is 53.4 cm³/mol. The molecule has 7 heteroatoms. The molecule has 1 aromatic carbocycles. The van der Waals surface area contributed by atoms with Crippen molar-refractivity contribution in [1.82, 2.24) is 14.8 Å². The van der Waals surface area contributed by atoms with Gasteiger partial charge in [-0.2, -0.15) is 4.98 Å². The van der Waals surface area contributed by atoms with E-state index in [-0.39, 0.29) is 5.69 Å². The number of benzene rings is 1. The highest BCUT2D eigenvalue weighted by Gasteiger charge is 2.14. The zero-order valence-corrected chi connectivity index (χ0v) is 8.80. The van der Waals surface area contributed by atoms with E-state index in [1.165, 1.54) is 0 Å². The SMILES string of the molecule is CCc1nc(=O)[nH]n1-c1cc(F)c(F)c(F)c1. The number of hydrogen-bond donors (Lipinski definition) is 1. The van der Waals surface area contributed by atoms with Gasteiger partial charge >= 0.3 is 5.69 Å². The molecule has 1 N–H and O–H groups in total. The van der Waals surface area contributed by atoms with Gasteiger partial charge in [0.1, 0.15) is 5.82 Å². The van der Waals surface area contributed by atoms with Crippen molar-refractivity contribution in [3.63, 3.8) is 0 Å². The maximum absolute atomic E-state index is 13.0. The number of rotatable bonds is 2. The molecule has 0 amide bonds. The average Bonchev–Trinajstić information content (AvgIpc) is 2.66. The van der Waals surface area contributed by atoms with Gasteiger partial charge in [0.25, 0.3) is 0 Å². The third-order valence-electron chi connectivity index (χ3n) is 2.24. The highest BCUT2D eigenvalue weighted by atomic mass is 19.2. The fraction of sp³-hybridized carbons (Fsp3) is 0.200. The third kappa shape index (κ3) is 1.95. The summed E-state index contributed by atoms with van der Waals surface area (Å²) in [6, 6.07) is 1.57. The number of nitrogens with zero attached hydrogens (tertiary/aromatic N) is 2. The summed E-state index contributed by atoms with van der Waals surface area (Å²) >= 11 is 0. The Morgan fingerprint density at radius 2 is 1.88 bits per heavy atom. The van der Waals surface area contributed by atoms with Crippen LogP contribution in [-0.4, -0.2) is 14.8 Å². The van der Waals surface area contributed by atoms with Crippen molar-refractivity contribution in [2.45, 2.75) is 13.3 Å². The van der Waals surface area contributed by atoms with Crippen molar-refractivity contribution in [1.29, 1.82) is 0 Å². The Kier molecular flexibility index (Phi) is 2.74. The first-order chi connectivity index (χ1) is 8.02. The Bertz CT molecular complexity index is 594. The van der Waals surface area contributed by atoms with Gasteiger partial charge in [0, 0.05) is 18.6 Å². The highest BCUT2D eigenvalue weighted by molar-refractivity contribution is 5.33. The standard InChI is InChI=1S/C10H8F3N3O/c1-2-8-14-10(17)15-16(8)5-3-6(11)9(13)7(12)4-5/h3-4H,2H2,1H3,(H,15,17). The van der Waals surface area contributed by atoms with Crippen LogP contribution in [0.3, 0.4) is 0 Å². The molecule has 0 unspecified atom stereocenters. The maximum Gasteiger partial charge on any atom is 0.361 e. The minimum Gasteiger partial charge on any atom is -0.244 e. The van der Waals surface area contributed by atoms with E-state index >= 15 is 0 Å². The van der Waals surface area contributed by atoms with E-state index < -0.39 is 23.1 Å². The van der Waals surface area contributed by atoms with Crippen molar-refractivity contribution in [2.75, 3.05) is 0 Å². The number of aromatic amines is 1. The molecule has 2 rings (SSSR count). The molecule has 0 saturated heterocycles. The molecule has 1 heterocycles. The van der Waals surface area contributed by atoms with E-state index in [1.807, 2.05) is 0 Å². The molecule has 1 aromatic heterocycles. The van der Waals surface area contributed by atoms with Gasteiger partial charge in [-0.15, -0.1) is 0 Å². The van der Waals surface area contributed by atoms with E-state index in [0.717, 1.165) is 16.8 Å². The molecular formula is C10H8F3N3O. The van der Waals surface area contributed by atoms with Gasteiger partial charge < -0.3 is 0 Å². The quantitative estimate of drug-likeness (QED) is 0.813. The molecule has 4 nitrogen and oxygen atoms in total. The van der Waals surface area contributed by atoms with Gasteiger partial charge in [-0.1, -0.05) is 6.92 Å².